The van der Waals surface area contributed by atoms with Crippen molar-refractivity contribution in [3.05, 3.63) is 0 Å². The van der Waals surface area contributed by atoms with Gasteiger partial charge in [-0.05, 0) is 32.5 Å². The average Bonchev–Trinajstić information content (AvgIpc) is 2.31. The lowest BCUT2D eigenvalue weighted by atomic mass is 10.2. The highest BCUT2D eigenvalue weighted by Gasteiger charge is 2.13. The fourth-order valence-electron chi connectivity index (χ4n) is 1.78. The first-order valence-corrected chi connectivity index (χ1v) is 5.24. The predicted molar refractivity (Wildman–Crippen MR) is 54.8 cm³/mol. The zero-order chi connectivity index (χ0) is 9.68. The monoisotopic (exact) mass is 186 g/mol. The molecule has 3 nitrogen and oxygen atoms in total. The van der Waals surface area contributed by atoms with Crippen LogP contribution in [0.3, 0.4) is 0 Å². The first-order chi connectivity index (χ1) is 6.22. The minimum atomic E-state index is 0.312. The molecule has 13 heavy (non-hydrogen) atoms. The summed E-state index contributed by atoms with van der Waals surface area (Å²) >= 11 is 0. The highest BCUT2D eigenvalue weighted by atomic mass is 16.3. The number of hydrogen-bond acceptors (Lipinski definition) is 3. The summed E-state index contributed by atoms with van der Waals surface area (Å²) in [7, 11) is 2.18. The van der Waals surface area contributed by atoms with Crippen LogP contribution >= 0.6 is 0 Å². The maximum atomic E-state index is 8.95. The van der Waals surface area contributed by atoms with Gasteiger partial charge >= 0.3 is 0 Å². The molecule has 1 atom stereocenters. The van der Waals surface area contributed by atoms with E-state index in [0.717, 1.165) is 19.6 Å². The average molecular weight is 186 g/mol. The Hall–Kier alpha value is -0.120. The predicted octanol–water partition coefficient (Wildman–Crippen LogP) is 0.252. The maximum absolute atomic E-state index is 8.95. The van der Waals surface area contributed by atoms with Crippen LogP contribution in [0, 0.1) is 5.92 Å². The molecular formula is C10H22N2O. The molecule has 0 spiro atoms. The quantitative estimate of drug-likeness (QED) is 0.684. The summed E-state index contributed by atoms with van der Waals surface area (Å²) in [5.41, 5.74) is 0. The smallest absolute Gasteiger partial charge is 0.0468 e. The molecular weight excluding hydrogens is 164 g/mol. The largest absolute Gasteiger partial charge is 0.396 e. The van der Waals surface area contributed by atoms with Crippen molar-refractivity contribution in [1.29, 1.82) is 0 Å². The lowest BCUT2D eigenvalue weighted by Crippen LogP contribution is -2.33. The van der Waals surface area contributed by atoms with E-state index < -0.39 is 0 Å². The van der Waals surface area contributed by atoms with Gasteiger partial charge in [0.05, 0.1) is 0 Å². The van der Waals surface area contributed by atoms with E-state index in [9.17, 15) is 0 Å². The molecule has 1 fully saturated rings. The minimum Gasteiger partial charge on any atom is -0.396 e. The number of likely N-dealkylation sites (N-methyl/N-ethyl adjacent to an activating group) is 1. The number of aliphatic hydroxyl groups is 1. The second kappa shape index (κ2) is 5.58. The fraction of sp³-hybridized carbons (Fsp3) is 1.00. The lowest BCUT2D eigenvalue weighted by molar-refractivity contribution is 0.176. The Morgan fingerprint density at radius 1 is 1.23 bits per heavy atom. The first kappa shape index (κ1) is 11.0. The van der Waals surface area contributed by atoms with Gasteiger partial charge in [0.15, 0.2) is 0 Å². The first-order valence-electron chi connectivity index (χ1n) is 5.24. The van der Waals surface area contributed by atoms with Crippen molar-refractivity contribution in [2.45, 2.75) is 13.3 Å². The zero-order valence-corrected chi connectivity index (χ0v) is 8.87. The maximum Gasteiger partial charge on any atom is 0.0468 e. The van der Waals surface area contributed by atoms with E-state index in [0.29, 0.717) is 12.5 Å². The van der Waals surface area contributed by atoms with Crippen molar-refractivity contribution < 1.29 is 5.11 Å². The van der Waals surface area contributed by atoms with E-state index in [1.165, 1.54) is 19.5 Å². The van der Waals surface area contributed by atoms with E-state index in [1.54, 1.807) is 0 Å². The van der Waals surface area contributed by atoms with Gasteiger partial charge < -0.3 is 14.9 Å². The van der Waals surface area contributed by atoms with Crippen LogP contribution in [0.15, 0.2) is 0 Å². The third-order valence-electron chi connectivity index (χ3n) is 2.69. The summed E-state index contributed by atoms with van der Waals surface area (Å²) in [6.07, 6.45) is 1.26. The van der Waals surface area contributed by atoms with Gasteiger partial charge in [0.1, 0.15) is 0 Å². The summed E-state index contributed by atoms with van der Waals surface area (Å²) in [6, 6.07) is 0. The molecule has 78 valence electrons. The van der Waals surface area contributed by atoms with Crippen molar-refractivity contribution in [1.82, 2.24) is 9.80 Å². The van der Waals surface area contributed by atoms with Gasteiger partial charge in [-0.3, -0.25) is 0 Å². The number of aliphatic hydroxyl groups excluding tert-OH is 1. The molecule has 0 aromatic carbocycles. The highest BCUT2D eigenvalue weighted by Crippen LogP contribution is 2.04. The van der Waals surface area contributed by atoms with Crippen LogP contribution in [0.2, 0.25) is 0 Å². The van der Waals surface area contributed by atoms with Crippen LogP contribution in [-0.4, -0.2) is 61.3 Å². The molecule has 1 unspecified atom stereocenters. The molecule has 0 bridgehead atoms. The molecule has 0 amide bonds. The molecule has 1 heterocycles. The van der Waals surface area contributed by atoms with Gasteiger partial charge in [0.25, 0.3) is 0 Å². The summed E-state index contributed by atoms with van der Waals surface area (Å²) in [4.78, 5) is 4.84. The highest BCUT2D eigenvalue weighted by molar-refractivity contribution is 4.68. The normalized spacial score (nSPS) is 24.2. The number of rotatable bonds is 3. The van der Waals surface area contributed by atoms with Crippen LogP contribution in [0.5, 0.6) is 0 Å². The number of nitrogens with zero attached hydrogens (tertiary/aromatic N) is 2. The van der Waals surface area contributed by atoms with Gasteiger partial charge in [-0.2, -0.15) is 0 Å². The van der Waals surface area contributed by atoms with Gasteiger partial charge in [0.2, 0.25) is 0 Å². The van der Waals surface area contributed by atoms with Crippen molar-refractivity contribution in [2.24, 2.45) is 5.92 Å². The molecule has 1 aliphatic rings. The van der Waals surface area contributed by atoms with E-state index >= 15 is 0 Å². The summed E-state index contributed by atoms with van der Waals surface area (Å²) in [6.45, 7) is 8.18. The van der Waals surface area contributed by atoms with Gasteiger partial charge in [-0.1, -0.05) is 6.92 Å². The Morgan fingerprint density at radius 3 is 2.69 bits per heavy atom. The van der Waals surface area contributed by atoms with Gasteiger partial charge in [0, 0.05) is 26.2 Å². The molecule has 1 rings (SSSR count). The van der Waals surface area contributed by atoms with E-state index in [2.05, 4.69) is 23.8 Å². The Bertz CT molecular complexity index is 141. The lowest BCUT2D eigenvalue weighted by Gasteiger charge is -2.22. The third kappa shape index (κ3) is 4.07. The molecule has 0 aliphatic carbocycles. The molecule has 0 aromatic heterocycles. The van der Waals surface area contributed by atoms with Crippen molar-refractivity contribution in [3.8, 4) is 0 Å². The van der Waals surface area contributed by atoms with Gasteiger partial charge in [-0.15, -0.1) is 0 Å². The van der Waals surface area contributed by atoms with Crippen LogP contribution < -0.4 is 0 Å². The van der Waals surface area contributed by atoms with Crippen LogP contribution in [-0.2, 0) is 0 Å². The standard InChI is InChI=1S/C10H22N2O/c1-10(9-13)8-12-5-3-4-11(2)6-7-12/h10,13H,3-9H2,1-2H3. The zero-order valence-electron chi connectivity index (χ0n) is 8.87. The molecule has 1 aliphatic heterocycles. The second-order valence-corrected chi connectivity index (χ2v) is 4.25. The number of hydrogen-bond donors (Lipinski definition) is 1. The molecule has 1 saturated heterocycles. The topological polar surface area (TPSA) is 26.7 Å². The fourth-order valence-corrected chi connectivity index (χ4v) is 1.78. The third-order valence-corrected chi connectivity index (χ3v) is 2.69. The summed E-state index contributed by atoms with van der Waals surface area (Å²) in [5, 5.41) is 8.95. The molecule has 3 heteroatoms. The van der Waals surface area contributed by atoms with Gasteiger partial charge in [-0.25, -0.2) is 0 Å². The second-order valence-electron chi connectivity index (χ2n) is 4.25. The molecule has 0 saturated carbocycles. The van der Waals surface area contributed by atoms with Crippen LogP contribution in [0.25, 0.3) is 0 Å². The molecule has 1 N–H and O–H groups in total. The van der Waals surface area contributed by atoms with Crippen molar-refractivity contribution in [2.75, 3.05) is 46.4 Å². The SMILES string of the molecule is CC(CO)CN1CCCN(C)CC1. The summed E-state index contributed by atoms with van der Waals surface area (Å²) in [5.74, 6) is 0.420. The van der Waals surface area contributed by atoms with Crippen LogP contribution in [0.1, 0.15) is 13.3 Å². The van der Waals surface area contributed by atoms with E-state index in [-0.39, 0.29) is 0 Å². The van der Waals surface area contributed by atoms with Crippen molar-refractivity contribution in [3.63, 3.8) is 0 Å². The Balaban J connectivity index is 2.25. The van der Waals surface area contributed by atoms with E-state index in [4.69, 9.17) is 5.11 Å². The molecule has 0 aromatic rings. The van der Waals surface area contributed by atoms with Crippen LogP contribution in [0.4, 0.5) is 0 Å². The molecule has 0 radical (unpaired) electrons. The Kier molecular flexibility index (Phi) is 4.70. The minimum absolute atomic E-state index is 0.312. The Morgan fingerprint density at radius 2 is 2.00 bits per heavy atom. The summed E-state index contributed by atoms with van der Waals surface area (Å²) < 4.78 is 0. The Labute approximate surface area is 81.3 Å². The van der Waals surface area contributed by atoms with E-state index in [1.807, 2.05) is 0 Å². The van der Waals surface area contributed by atoms with Crippen molar-refractivity contribution >= 4 is 0 Å².